The summed E-state index contributed by atoms with van der Waals surface area (Å²) in [5, 5.41) is 5.08. The number of benzene rings is 1. The van der Waals surface area contributed by atoms with Crippen LogP contribution in [0.2, 0.25) is 5.02 Å². The van der Waals surface area contributed by atoms with E-state index >= 15 is 0 Å². The maximum absolute atomic E-state index is 13.1. The summed E-state index contributed by atoms with van der Waals surface area (Å²) in [6.07, 6.45) is 5.19. The highest BCUT2D eigenvalue weighted by Crippen LogP contribution is 2.39. The Bertz CT molecular complexity index is 1530. The van der Waals surface area contributed by atoms with Crippen molar-refractivity contribution < 1.29 is 4.74 Å². The molecule has 0 spiro atoms. The summed E-state index contributed by atoms with van der Waals surface area (Å²) in [4.78, 5) is 33.9. The molecule has 0 aliphatic heterocycles. The monoisotopic (exact) mass is 448 g/mol. The van der Waals surface area contributed by atoms with E-state index in [4.69, 9.17) is 16.3 Å². The molecule has 0 atom stereocenters. The van der Waals surface area contributed by atoms with E-state index in [1.54, 1.807) is 28.8 Å². The molecule has 1 saturated carbocycles. The first-order valence-corrected chi connectivity index (χ1v) is 10.5. The summed E-state index contributed by atoms with van der Waals surface area (Å²) in [7, 11) is 0. The number of nitrogens with one attached hydrogen (secondary N) is 1. The quantitative estimate of drug-likeness (QED) is 0.438. The molecular weight excluding hydrogens is 432 g/mol. The molecule has 1 aliphatic rings. The zero-order valence-corrected chi connectivity index (χ0v) is 17.7. The van der Waals surface area contributed by atoms with Gasteiger partial charge in [0, 0.05) is 10.9 Å². The Morgan fingerprint density at radius 3 is 2.78 bits per heavy atom. The molecule has 1 aliphatic carbocycles. The Morgan fingerprint density at radius 1 is 1.19 bits per heavy atom. The van der Waals surface area contributed by atoms with Crippen LogP contribution in [0.1, 0.15) is 36.1 Å². The number of rotatable bonds is 5. The number of imidazole rings is 2. The fourth-order valence-corrected chi connectivity index (χ4v) is 3.78. The third-order valence-corrected chi connectivity index (χ3v) is 5.61. The van der Waals surface area contributed by atoms with Gasteiger partial charge in [0.25, 0.3) is 5.56 Å². The summed E-state index contributed by atoms with van der Waals surface area (Å²) in [6.45, 7) is 2.04. The van der Waals surface area contributed by atoms with Gasteiger partial charge in [-0.05, 0) is 44.0 Å². The second-order valence-electron chi connectivity index (χ2n) is 7.77. The van der Waals surface area contributed by atoms with Crippen molar-refractivity contribution >= 4 is 28.4 Å². The van der Waals surface area contributed by atoms with Crippen molar-refractivity contribution in [1.29, 1.82) is 0 Å². The molecular formula is C21H17ClN8O2. The van der Waals surface area contributed by atoms with Crippen LogP contribution in [0, 0.1) is 6.92 Å². The van der Waals surface area contributed by atoms with Crippen LogP contribution in [-0.2, 0) is 6.54 Å². The molecule has 4 heterocycles. The second-order valence-corrected chi connectivity index (χ2v) is 8.21. The van der Waals surface area contributed by atoms with Crippen molar-refractivity contribution in [3.05, 3.63) is 69.5 Å². The third-order valence-electron chi connectivity index (χ3n) is 5.36. The lowest BCUT2D eigenvalue weighted by atomic mass is 10.3. The molecule has 4 aromatic heterocycles. The first-order chi connectivity index (χ1) is 15.5. The zero-order valence-electron chi connectivity index (χ0n) is 17.0. The first-order valence-electron chi connectivity index (χ1n) is 10.1. The van der Waals surface area contributed by atoms with Gasteiger partial charge in [0.1, 0.15) is 23.7 Å². The van der Waals surface area contributed by atoms with E-state index < -0.39 is 0 Å². The Balaban J connectivity index is 1.30. The van der Waals surface area contributed by atoms with Crippen molar-refractivity contribution in [2.75, 3.05) is 0 Å². The highest BCUT2D eigenvalue weighted by atomic mass is 35.5. The van der Waals surface area contributed by atoms with Crippen molar-refractivity contribution in [3.8, 4) is 11.6 Å². The van der Waals surface area contributed by atoms with Crippen molar-refractivity contribution in [1.82, 2.24) is 39.1 Å². The summed E-state index contributed by atoms with van der Waals surface area (Å²) < 4.78 is 8.90. The summed E-state index contributed by atoms with van der Waals surface area (Å²) in [5.41, 5.74) is 1.92. The molecule has 0 amide bonds. The van der Waals surface area contributed by atoms with Gasteiger partial charge in [-0.3, -0.25) is 9.36 Å². The van der Waals surface area contributed by atoms with Crippen LogP contribution in [-0.4, -0.2) is 39.1 Å². The van der Waals surface area contributed by atoms with Gasteiger partial charge in [-0.25, -0.2) is 19.5 Å². The largest absolute Gasteiger partial charge is 0.437 e. The number of hydrogen-bond acceptors (Lipinski definition) is 7. The number of H-pyrrole nitrogens is 1. The van der Waals surface area contributed by atoms with E-state index in [0.717, 1.165) is 18.7 Å². The van der Waals surface area contributed by atoms with Crippen LogP contribution < -0.4 is 10.3 Å². The lowest BCUT2D eigenvalue weighted by Gasteiger charge is -2.04. The first kappa shape index (κ1) is 18.9. The van der Waals surface area contributed by atoms with Crippen LogP contribution in [0.4, 0.5) is 0 Å². The van der Waals surface area contributed by atoms with Gasteiger partial charge in [-0.1, -0.05) is 11.6 Å². The molecule has 0 unspecified atom stereocenters. The van der Waals surface area contributed by atoms with Crippen LogP contribution in [0.15, 0.2) is 41.6 Å². The molecule has 1 N–H and O–H groups in total. The predicted molar refractivity (Wildman–Crippen MR) is 116 cm³/mol. The molecule has 5 aromatic rings. The lowest BCUT2D eigenvalue weighted by Crippen LogP contribution is -2.24. The Kier molecular flexibility index (Phi) is 4.22. The highest BCUT2D eigenvalue weighted by molar-refractivity contribution is 6.30. The molecule has 6 rings (SSSR count). The maximum Gasteiger partial charge on any atom is 0.280 e. The van der Waals surface area contributed by atoms with Crippen molar-refractivity contribution in [2.24, 2.45) is 0 Å². The van der Waals surface area contributed by atoms with Gasteiger partial charge in [-0.15, -0.1) is 0 Å². The predicted octanol–water partition coefficient (Wildman–Crippen LogP) is 3.24. The molecule has 0 radical (unpaired) electrons. The van der Waals surface area contributed by atoms with Crippen LogP contribution in [0.3, 0.4) is 0 Å². The molecule has 1 fully saturated rings. The summed E-state index contributed by atoms with van der Waals surface area (Å²) >= 11 is 5.90. The fourth-order valence-electron chi connectivity index (χ4n) is 3.66. The summed E-state index contributed by atoms with van der Waals surface area (Å²) in [6, 6.07) is 6.95. The lowest BCUT2D eigenvalue weighted by molar-refractivity contribution is 0.462. The minimum atomic E-state index is -0.162. The Labute approximate surface area is 185 Å². The smallest absolute Gasteiger partial charge is 0.280 e. The number of halogens is 1. The minimum absolute atomic E-state index is 0.162. The number of aryl methyl sites for hydroxylation is 1. The van der Waals surface area contributed by atoms with E-state index in [1.165, 1.54) is 17.1 Å². The molecule has 32 heavy (non-hydrogen) atoms. The highest BCUT2D eigenvalue weighted by Gasteiger charge is 2.30. The van der Waals surface area contributed by atoms with Crippen molar-refractivity contribution in [2.45, 2.75) is 32.2 Å². The normalized spacial score (nSPS) is 13.8. The van der Waals surface area contributed by atoms with Gasteiger partial charge < -0.3 is 9.72 Å². The van der Waals surface area contributed by atoms with E-state index in [-0.39, 0.29) is 12.1 Å². The van der Waals surface area contributed by atoms with Crippen LogP contribution in [0.5, 0.6) is 11.6 Å². The van der Waals surface area contributed by atoms with Gasteiger partial charge in [0.2, 0.25) is 5.88 Å². The van der Waals surface area contributed by atoms with E-state index in [9.17, 15) is 4.79 Å². The molecule has 10 nitrogen and oxygen atoms in total. The molecule has 0 saturated heterocycles. The van der Waals surface area contributed by atoms with Crippen molar-refractivity contribution in [3.63, 3.8) is 0 Å². The SMILES string of the molecule is Cc1nc(C2CC2)n2ncn(Cc3nc4ncc(Oc5ccc(Cl)cc5)nc4[nH]3)c(=O)c12. The van der Waals surface area contributed by atoms with Gasteiger partial charge >= 0.3 is 0 Å². The molecule has 160 valence electrons. The Morgan fingerprint density at radius 2 is 2.00 bits per heavy atom. The van der Waals surface area contributed by atoms with E-state index in [0.29, 0.717) is 50.9 Å². The fraction of sp³-hybridized carbons (Fsp3) is 0.238. The maximum atomic E-state index is 13.1. The Hall–Kier alpha value is -3.79. The number of nitrogens with zero attached hydrogens (tertiary/aromatic N) is 7. The standard InChI is InChI=1S/C21H17ClN8O2/c1-11-17-21(31)29(10-24-30(17)20(25-11)12-2-3-12)9-15-26-18-19(27-15)28-16(8-23-18)32-14-6-4-13(22)5-7-14/h4-8,10,12H,2-3,9H2,1H3,(H,23,26,27,28). The van der Waals surface area contributed by atoms with Crippen LogP contribution >= 0.6 is 11.6 Å². The number of aromatic nitrogens is 8. The number of aromatic amines is 1. The molecule has 11 heteroatoms. The van der Waals surface area contributed by atoms with Gasteiger partial charge in [0.05, 0.1) is 18.4 Å². The summed E-state index contributed by atoms with van der Waals surface area (Å²) in [5.74, 6) is 2.72. The van der Waals surface area contributed by atoms with Gasteiger partial charge in [0.15, 0.2) is 16.8 Å². The third kappa shape index (κ3) is 3.28. The average molecular weight is 449 g/mol. The topological polar surface area (TPSA) is 116 Å². The van der Waals surface area contributed by atoms with E-state index in [2.05, 4.69) is 30.0 Å². The van der Waals surface area contributed by atoms with Crippen LogP contribution in [0.25, 0.3) is 16.8 Å². The zero-order chi connectivity index (χ0) is 21.8. The number of fused-ring (bicyclic) bond motifs is 2. The molecule has 1 aromatic carbocycles. The average Bonchev–Trinajstić information content (AvgIpc) is 3.46. The van der Waals surface area contributed by atoms with Gasteiger partial charge in [-0.2, -0.15) is 10.1 Å². The molecule has 0 bridgehead atoms. The number of ether oxygens (including phenoxy) is 1. The second kappa shape index (κ2) is 7.13. The minimum Gasteiger partial charge on any atom is -0.437 e. The number of hydrogen-bond donors (Lipinski definition) is 1. The van der Waals surface area contributed by atoms with E-state index in [1.807, 2.05) is 6.92 Å².